The molecule has 3 atom stereocenters. The Hall–Kier alpha value is -1.06. The second-order valence-electron chi connectivity index (χ2n) is 5.40. The lowest BCUT2D eigenvalue weighted by molar-refractivity contribution is -0.122. The number of benzene rings is 1. The summed E-state index contributed by atoms with van der Waals surface area (Å²) in [6.07, 6.45) is 3.79. The van der Waals surface area contributed by atoms with E-state index in [1.807, 2.05) is 31.2 Å². The summed E-state index contributed by atoms with van der Waals surface area (Å²) in [4.78, 5) is 12.0. The third kappa shape index (κ3) is 3.95. The molecule has 0 saturated heterocycles. The van der Waals surface area contributed by atoms with E-state index in [0.717, 1.165) is 24.8 Å². The molecule has 1 aliphatic rings. The molecule has 0 spiro atoms. The Morgan fingerprint density at radius 1 is 1.53 bits per heavy atom. The number of carbonyl (C=O) groups excluding carboxylic acids is 1. The summed E-state index contributed by atoms with van der Waals surface area (Å²) in [5.41, 5.74) is 7.02. The molecule has 1 fully saturated rings. The van der Waals surface area contributed by atoms with Gasteiger partial charge >= 0.3 is 0 Å². The van der Waals surface area contributed by atoms with Crippen LogP contribution in [0.2, 0.25) is 5.02 Å². The Labute approximate surface area is 119 Å². The number of amides is 1. The van der Waals surface area contributed by atoms with Crippen molar-refractivity contribution in [3.63, 3.8) is 0 Å². The first kappa shape index (κ1) is 14.4. The average Bonchev–Trinajstić information content (AvgIpc) is 2.75. The van der Waals surface area contributed by atoms with Crippen LogP contribution < -0.4 is 11.1 Å². The summed E-state index contributed by atoms with van der Waals surface area (Å²) in [6.45, 7) is 1.97. The third-order valence-corrected chi connectivity index (χ3v) is 4.13. The molecule has 1 aromatic rings. The van der Waals surface area contributed by atoms with Gasteiger partial charge in [-0.2, -0.15) is 0 Å². The van der Waals surface area contributed by atoms with Gasteiger partial charge in [-0.25, -0.2) is 0 Å². The number of rotatable bonds is 4. The molecule has 1 aromatic carbocycles. The molecule has 1 unspecified atom stereocenters. The smallest absolute Gasteiger partial charge is 0.220 e. The van der Waals surface area contributed by atoms with Crippen molar-refractivity contribution in [2.75, 3.05) is 0 Å². The van der Waals surface area contributed by atoms with Gasteiger partial charge in [0.2, 0.25) is 5.91 Å². The molecule has 3 N–H and O–H groups in total. The van der Waals surface area contributed by atoms with Crippen LogP contribution in [0.1, 0.15) is 44.2 Å². The minimum Gasteiger partial charge on any atom is -0.350 e. The minimum absolute atomic E-state index is 0.0242. The lowest BCUT2D eigenvalue weighted by Crippen LogP contribution is -2.32. The van der Waals surface area contributed by atoms with Crippen LogP contribution in [0.4, 0.5) is 0 Å². The van der Waals surface area contributed by atoms with Gasteiger partial charge in [0.15, 0.2) is 0 Å². The normalized spacial score (nSPS) is 24.2. The van der Waals surface area contributed by atoms with Gasteiger partial charge in [0.1, 0.15) is 0 Å². The molecule has 0 heterocycles. The van der Waals surface area contributed by atoms with Gasteiger partial charge in [-0.3, -0.25) is 4.79 Å². The van der Waals surface area contributed by atoms with Crippen LogP contribution >= 0.6 is 11.6 Å². The molecule has 104 valence electrons. The molecule has 0 aliphatic heterocycles. The van der Waals surface area contributed by atoms with Crippen LogP contribution in [-0.4, -0.2) is 11.9 Å². The number of nitrogens with two attached hydrogens (primary N) is 1. The van der Waals surface area contributed by atoms with Crippen LogP contribution in [0.3, 0.4) is 0 Å². The van der Waals surface area contributed by atoms with Crippen molar-refractivity contribution in [2.45, 2.75) is 44.7 Å². The maximum Gasteiger partial charge on any atom is 0.220 e. The van der Waals surface area contributed by atoms with Crippen LogP contribution in [0.15, 0.2) is 24.3 Å². The standard InChI is InChI=1S/C15H21ClN2O/c1-10(11-4-2-6-13(16)8-11)18-15(19)9-12-5-3-7-14(12)17/h2,4,6,8,10,12,14H,3,5,7,9,17H2,1H3,(H,18,19)/t10?,12-,14+/m0/s1. The van der Waals surface area contributed by atoms with Crippen molar-refractivity contribution >= 4 is 17.5 Å². The van der Waals surface area contributed by atoms with Crippen molar-refractivity contribution in [3.8, 4) is 0 Å². The number of carbonyl (C=O) groups is 1. The highest BCUT2D eigenvalue weighted by Crippen LogP contribution is 2.27. The highest BCUT2D eigenvalue weighted by atomic mass is 35.5. The Morgan fingerprint density at radius 2 is 2.32 bits per heavy atom. The summed E-state index contributed by atoms with van der Waals surface area (Å²) in [7, 11) is 0. The summed E-state index contributed by atoms with van der Waals surface area (Å²) >= 11 is 5.95. The highest BCUT2D eigenvalue weighted by molar-refractivity contribution is 6.30. The fourth-order valence-electron chi connectivity index (χ4n) is 2.72. The second-order valence-corrected chi connectivity index (χ2v) is 5.84. The largest absolute Gasteiger partial charge is 0.350 e. The van der Waals surface area contributed by atoms with Crippen LogP contribution in [0.25, 0.3) is 0 Å². The SMILES string of the molecule is CC(NC(=O)C[C@@H]1CCC[C@H]1N)c1cccc(Cl)c1. The minimum atomic E-state index is -0.0242. The summed E-state index contributed by atoms with van der Waals surface area (Å²) in [5.74, 6) is 0.418. The van der Waals surface area contributed by atoms with Gasteiger partial charge in [0.25, 0.3) is 0 Å². The van der Waals surface area contributed by atoms with E-state index < -0.39 is 0 Å². The van der Waals surface area contributed by atoms with E-state index in [1.54, 1.807) is 0 Å². The van der Waals surface area contributed by atoms with E-state index in [2.05, 4.69) is 5.32 Å². The number of hydrogen-bond donors (Lipinski definition) is 2. The maximum absolute atomic E-state index is 12.0. The first-order valence-corrected chi connectivity index (χ1v) is 7.24. The quantitative estimate of drug-likeness (QED) is 0.891. The van der Waals surface area contributed by atoms with E-state index in [0.29, 0.717) is 17.4 Å². The summed E-state index contributed by atoms with van der Waals surface area (Å²) < 4.78 is 0. The summed E-state index contributed by atoms with van der Waals surface area (Å²) in [5, 5.41) is 3.71. The Kier molecular flexibility index (Phi) is 4.83. The zero-order valence-electron chi connectivity index (χ0n) is 11.2. The molecule has 1 saturated carbocycles. The van der Waals surface area contributed by atoms with Crippen molar-refractivity contribution in [1.29, 1.82) is 0 Å². The Balaban J connectivity index is 1.88. The predicted octanol–water partition coefficient (Wildman–Crippen LogP) is 3.03. The highest BCUT2D eigenvalue weighted by Gasteiger charge is 2.26. The second kappa shape index (κ2) is 6.40. The van der Waals surface area contributed by atoms with Gasteiger partial charge in [-0.05, 0) is 43.4 Å². The van der Waals surface area contributed by atoms with Crippen molar-refractivity contribution < 1.29 is 4.79 Å². The van der Waals surface area contributed by atoms with Crippen molar-refractivity contribution in [3.05, 3.63) is 34.9 Å². The van der Waals surface area contributed by atoms with Crippen molar-refractivity contribution in [1.82, 2.24) is 5.32 Å². The predicted molar refractivity (Wildman–Crippen MR) is 77.9 cm³/mol. The molecule has 2 rings (SSSR count). The van der Waals surface area contributed by atoms with E-state index in [9.17, 15) is 4.79 Å². The van der Waals surface area contributed by atoms with E-state index in [4.69, 9.17) is 17.3 Å². The summed E-state index contributed by atoms with van der Waals surface area (Å²) in [6, 6.07) is 7.74. The third-order valence-electron chi connectivity index (χ3n) is 3.89. The molecular formula is C15H21ClN2O. The van der Waals surface area contributed by atoms with Crippen LogP contribution in [0.5, 0.6) is 0 Å². The van der Waals surface area contributed by atoms with Crippen LogP contribution in [0, 0.1) is 5.92 Å². The first-order chi connectivity index (χ1) is 9.06. The first-order valence-electron chi connectivity index (χ1n) is 6.86. The fourth-order valence-corrected chi connectivity index (χ4v) is 2.92. The lowest BCUT2D eigenvalue weighted by Gasteiger charge is -2.18. The molecule has 0 radical (unpaired) electrons. The van der Waals surface area contributed by atoms with Gasteiger partial charge in [-0.15, -0.1) is 0 Å². The zero-order valence-corrected chi connectivity index (χ0v) is 12.0. The Morgan fingerprint density at radius 3 is 2.95 bits per heavy atom. The van der Waals surface area contributed by atoms with Gasteiger partial charge in [-0.1, -0.05) is 30.2 Å². The molecular weight excluding hydrogens is 260 g/mol. The van der Waals surface area contributed by atoms with E-state index >= 15 is 0 Å². The molecule has 1 amide bonds. The van der Waals surface area contributed by atoms with E-state index in [-0.39, 0.29) is 18.0 Å². The van der Waals surface area contributed by atoms with Crippen LogP contribution in [-0.2, 0) is 4.79 Å². The molecule has 4 heteroatoms. The monoisotopic (exact) mass is 280 g/mol. The number of nitrogens with one attached hydrogen (secondary N) is 1. The van der Waals surface area contributed by atoms with Gasteiger partial charge < -0.3 is 11.1 Å². The molecule has 0 bridgehead atoms. The maximum atomic E-state index is 12.0. The van der Waals surface area contributed by atoms with E-state index in [1.165, 1.54) is 0 Å². The number of hydrogen-bond acceptors (Lipinski definition) is 2. The Bertz CT molecular complexity index is 450. The van der Waals surface area contributed by atoms with Gasteiger partial charge in [0.05, 0.1) is 6.04 Å². The topological polar surface area (TPSA) is 55.1 Å². The lowest BCUT2D eigenvalue weighted by atomic mass is 9.99. The van der Waals surface area contributed by atoms with Gasteiger partial charge in [0, 0.05) is 17.5 Å². The molecule has 0 aromatic heterocycles. The van der Waals surface area contributed by atoms with Crippen molar-refractivity contribution in [2.24, 2.45) is 11.7 Å². The zero-order chi connectivity index (χ0) is 13.8. The fraction of sp³-hybridized carbons (Fsp3) is 0.533. The molecule has 3 nitrogen and oxygen atoms in total. The number of halogens is 1. The molecule has 19 heavy (non-hydrogen) atoms. The molecule has 1 aliphatic carbocycles. The average molecular weight is 281 g/mol.